The van der Waals surface area contributed by atoms with E-state index in [-0.39, 0.29) is 44.8 Å². The number of carbonyl (C=O) groups is 2. The van der Waals surface area contributed by atoms with Crippen molar-refractivity contribution in [2.75, 3.05) is 5.75 Å². The highest BCUT2D eigenvalue weighted by molar-refractivity contribution is 7.90. The Labute approximate surface area is 237 Å². The minimum atomic E-state index is -3.39. The molecule has 3 rings (SSSR count). The number of sulfone groups is 1. The average Bonchev–Trinajstić information content (AvgIpc) is 2.84. The Morgan fingerprint density at radius 3 is 2.36 bits per heavy atom. The molecule has 208 valence electrons. The van der Waals surface area contributed by atoms with E-state index in [9.17, 15) is 22.8 Å². The Morgan fingerprint density at radius 2 is 1.72 bits per heavy atom. The van der Waals surface area contributed by atoms with Crippen LogP contribution in [0.25, 0.3) is 11.1 Å². The molecular formula is C28H30Cl2N2O6S. The van der Waals surface area contributed by atoms with E-state index in [4.69, 9.17) is 27.9 Å². The molecule has 1 N–H and O–H groups in total. The summed E-state index contributed by atoms with van der Waals surface area (Å²) in [5.41, 5.74) is 1.00. The number of ether oxygens (including phenoxy) is 1. The standard InChI is InChI=1S/C28H30Cl2N2O6S/c1-6-39(36,37)16-17-10-11-19(26(34)20-8-7-9-23(29)25(20)30)21(12-17)22-15-32(5)24(33)13-18(22)14-31-27(35)38-28(2,3)4/h7-13,15H,6,14,16H2,1-5H3,(H,31,35). The molecule has 0 radical (unpaired) electrons. The van der Waals surface area contributed by atoms with Crippen molar-refractivity contribution in [3.63, 3.8) is 0 Å². The molecule has 39 heavy (non-hydrogen) atoms. The van der Waals surface area contributed by atoms with E-state index in [2.05, 4.69) is 5.32 Å². The molecule has 0 spiro atoms. The quantitative estimate of drug-likeness (QED) is 0.343. The predicted molar refractivity (Wildman–Crippen MR) is 153 cm³/mol. The van der Waals surface area contributed by atoms with E-state index >= 15 is 0 Å². The van der Waals surface area contributed by atoms with Gasteiger partial charge in [-0.2, -0.15) is 0 Å². The summed E-state index contributed by atoms with van der Waals surface area (Å²) >= 11 is 12.5. The lowest BCUT2D eigenvalue weighted by Crippen LogP contribution is -2.32. The Hall–Kier alpha value is -3.14. The largest absolute Gasteiger partial charge is 0.444 e. The Kier molecular flexibility index (Phi) is 9.31. The van der Waals surface area contributed by atoms with E-state index in [0.29, 0.717) is 22.3 Å². The zero-order valence-corrected chi connectivity index (χ0v) is 24.6. The number of hydrogen-bond acceptors (Lipinski definition) is 6. The molecular weight excluding hydrogens is 563 g/mol. The number of aromatic nitrogens is 1. The molecule has 0 bridgehead atoms. The van der Waals surface area contributed by atoms with E-state index in [1.54, 1.807) is 65.1 Å². The van der Waals surface area contributed by atoms with Crippen LogP contribution in [0.5, 0.6) is 0 Å². The number of amides is 1. The number of ketones is 1. The fourth-order valence-corrected chi connectivity index (χ4v) is 5.10. The molecule has 3 aromatic rings. The Morgan fingerprint density at radius 1 is 1.03 bits per heavy atom. The Bertz CT molecular complexity index is 1590. The van der Waals surface area contributed by atoms with Gasteiger partial charge in [-0.15, -0.1) is 0 Å². The molecule has 0 aliphatic carbocycles. The summed E-state index contributed by atoms with van der Waals surface area (Å²) in [7, 11) is -1.83. The number of benzene rings is 2. The number of nitrogens with zero attached hydrogens (tertiary/aromatic N) is 1. The maximum Gasteiger partial charge on any atom is 0.407 e. The van der Waals surface area contributed by atoms with Crippen LogP contribution >= 0.6 is 23.2 Å². The first-order valence-electron chi connectivity index (χ1n) is 12.1. The zero-order valence-electron chi connectivity index (χ0n) is 22.3. The summed E-state index contributed by atoms with van der Waals surface area (Å²) in [5, 5.41) is 2.93. The predicted octanol–water partition coefficient (Wildman–Crippen LogP) is 5.55. The third kappa shape index (κ3) is 7.71. The van der Waals surface area contributed by atoms with Gasteiger partial charge in [0.25, 0.3) is 5.56 Å². The van der Waals surface area contributed by atoms with Crippen molar-refractivity contribution < 1.29 is 22.7 Å². The van der Waals surface area contributed by atoms with Gasteiger partial charge in [-0.3, -0.25) is 9.59 Å². The van der Waals surface area contributed by atoms with Crippen LogP contribution in [0.1, 0.15) is 54.7 Å². The van der Waals surface area contributed by atoms with E-state index in [1.807, 2.05) is 0 Å². The van der Waals surface area contributed by atoms with Crippen LogP contribution in [0, 0.1) is 0 Å². The van der Waals surface area contributed by atoms with Gasteiger partial charge in [-0.1, -0.05) is 48.3 Å². The first-order valence-corrected chi connectivity index (χ1v) is 14.7. The van der Waals surface area contributed by atoms with E-state index in [1.165, 1.54) is 22.9 Å². The van der Waals surface area contributed by atoms with Crippen molar-refractivity contribution in [1.82, 2.24) is 9.88 Å². The minimum Gasteiger partial charge on any atom is -0.444 e. The van der Waals surface area contributed by atoms with Crippen molar-refractivity contribution in [1.29, 1.82) is 0 Å². The highest BCUT2D eigenvalue weighted by atomic mass is 35.5. The van der Waals surface area contributed by atoms with Crippen LogP contribution in [0.3, 0.4) is 0 Å². The van der Waals surface area contributed by atoms with E-state index < -0.39 is 27.3 Å². The van der Waals surface area contributed by atoms with Crippen molar-refractivity contribution in [3.8, 4) is 11.1 Å². The van der Waals surface area contributed by atoms with Crippen LogP contribution in [-0.4, -0.2) is 36.2 Å². The Balaban J connectivity index is 2.21. The first-order chi connectivity index (χ1) is 18.1. The van der Waals surface area contributed by atoms with Gasteiger partial charge >= 0.3 is 6.09 Å². The second kappa shape index (κ2) is 11.9. The molecule has 1 amide bonds. The molecule has 1 heterocycles. The second-order valence-electron chi connectivity index (χ2n) is 10.0. The highest BCUT2D eigenvalue weighted by Crippen LogP contribution is 2.33. The minimum absolute atomic E-state index is 0.0496. The molecule has 1 aromatic heterocycles. The lowest BCUT2D eigenvalue weighted by molar-refractivity contribution is 0.0523. The fourth-order valence-electron chi connectivity index (χ4n) is 3.82. The van der Waals surface area contributed by atoms with Gasteiger partial charge in [0.2, 0.25) is 0 Å². The van der Waals surface area contributed by atoms with Crippen LogP contribution in [0.15, 0.2) is 53.5 Å². The van der Waals surface area contributed by atoms with Crippen molar-refractivity contribution >= 4 is 44.9 Å². The number of aryl methyl sites for hydroxylation is 1. The van der Waals surface area contributed by atoms with Gasteiger partial charge < -0.3 is 14.6 Å². The van der Waals surface area contributed by atoms with Gasteiger partial charge in [0, 0.05) is 48.3 Å². The van der Waals surface area contributed by atoms with Crippen LogP contribution in [0.2, 0.25) is 10.0 Å². The number of halogens is 2. The lowest BCUT2D eigenvalue weighted by atomic mass is 9.91. The average molecular weight is 594 g/mol. The number of carbonyl (C=O) groups excluding carboxylic acids is 2. The maximum absolute atomic E-state index is 13.7. The molecule has 0 unspecified atom stereocenters. The molecule has 0 atom stereocenters. The van der Waals surface area contributed by atoms with Crippen LogP contribution in [0.4, 0.5) is 4.79 Å². The SMILES string of the molecule is CCS(=O)(=O)Cc1ccc(C(=O)c2cccc(Cl)c2Cl)c(-c2cn(C)c(=O)cc2CNC(=O)OC(C)(C)C)c1. The number of alkyl carbamates (subject to hydrolysis) is 1. The molecule has 2 aromatic carbocycles. The summed E-state index contributed by atoms with van der Waals surface area (Å²) in [4.78, 5) is 38.6. The van der Waals surface area contributed by atoms with Gasteiger partial charge in [-0.05, 0) is 55.7 Å². The summed E-state index contributed by atoms with van der Waals surface area (Å²) in [6, 6.07) is 10.8. The molecule has 0 saturated heterocycles. The third-order valence-corrected chi connectivity index (χ3v) is 8.25. The molecule has 8 nitrogen and oxygen atoms in total. The lowest BCUT2D eigenvalue weighted by Gasteiger charge is -2.20. The van der Waals surface area contributed by atoms with Crippen molar-refractivity contribution in [3.05, 3.63) is 91.3 Å². The summed E-state index contributed by atoms with van der Waals surface area (Å²) in [6.07, 6.45) is 0.858. The van der Waals surface area contributed by atoms with Crippen molar-refractivity contribution in [2.24, 2.45) is 7.05 Å². The highest BCUT2D eigenvalue weighted by Gasteiger charge is 2.23. The van der Waals surface area contributed by atoms with Gasteiger partial charge in [0.15, 0.2) is 15.6 Å². The fraction of sp³-hybridized carbons (Fsp3) is 0.321. The smallest absolute Gasteiger partial charge is 0.407 e. The van der Waals surface area contributed by atoms with E-state index in [0.717, 1.165) is 0 Å². The molecule has 0 saturated carbocycles. The van der Waals surface area contributed by atoms with Gasteiger partial charge in [0.05, 0.1) is 15.8 Å². The molecule has 11 heteroatoms. The normalized spacial score (nSPS) is 11.8. The van der Waals surface area contributed by atoms with Gasteiger partial charge in [-0.25, -0.2) is 13.2 Å². The number of hydrogen-bond donors (Lipinski definition) is 1. The van der Waals surface area contributed by atoms with Gasteiger partial charge in [0.1, 0.15) is 5.60 Å². The van der Waals surface area contributed by atoms with Crippen molar-refractivity contribution in [2.45, 2.75) is 45.6 Å². The number of rotatable bonds is 8. The summed E-state index contributed by atoms with van der Waals surface area (Å²) in [5.74, 6) is -0.728. The van der Waals surface area contributed by atoms with Crippen LogP contribution < -0.4 is 10.9 Å². The third-order valence-electron chi connectivity index (χ3n) is 5.78. The second-order valence-corrected chi connectivity index (χ2v) is 13.1. The van der Waals surface area contributed by atoms with Crippen LogP contribution in [-0.2, 0) is 33.9 Å². The molecule has 0 aliphatic heterocycles. The number of pyridine rings is 1. The monoisotopic (exact) mass is 592 g/mol. The number of nitrogens with one attached hydrogen (secondary N) is 1. The summed E-state index contributed by atoms with van der Waals surface area (Å²) in [6.45, 7) is 6.66. The molecule has 0 aliphatic rings. The summed E-state index contributed by atoms with van der Waals surface area (Å²) < 4.78 is 31.4. The zero-order chi connectivity index (χ0) is 29.1. The molecule has 0 fully saturated rings. The first kappa shape index (κ1) is 30.4. The maximum atomic E-state index is 13.7. The topological polar surface area (TPSA) is 112 Å².